The summed E-state index contributed by atoms with van der Waals surface area (Å²) in [5.41, 5.74) is 2.34. The first-order valence-corrected chi connectivity index (χ1v) is 9.42. The molecule has 0 atom stereocenters. The van der Waals surface area contributed by atoms with Crippen LogP contribution < -0.4 is 0 Å². The number of nitrogens with zero attached hydrogens (tertiary/aromatic N) is 1. The number of methoxy groups -OCH3 is 1. The third kappa shape index (κ3) is 5.62. The number of benzene rings is 2. The van der Waals surface area contributed by atoms with E-state index >= 15 is 0 Å². The summed E-state index contributed by atoms with van der Waals surface area (Å²) in [4.78, 5) is 29.0. The minimum absolute atomic E-state index is 0.0743. The molecule has 1 heterocycles. The van der Waals surface area contributed by atoms with Crippen LogP contribution in [0.1, 0.15) is 16.1 Å². The highest BCUT2D eigenvalue weighted by Crippen LogP contribution is 2.21. The second-order valence-electron chi connectivity index (χ2n) is 6.32. The van der Waals surface area contributed by atoms with E-state index in [1.807, 2.05) is 42.5 Å². The molecule has 2 aromatic carbocycles. The summed E-state index contributed by atoms with van der Waals surface area (Å²) in [7, 11) is 1.25. The van der Waals surface area contributed by atoms with Gasteiger partial charge in [-0.05, 0) is 35.9 Å². The summed E-state index contributed by atoms with van der Waals surface area (Å²) >= 11 is 6.05. The van der Waals surface area contributed by atoms with E-state index in [0.29, 0.717) is 23.8 Å². The van der Waals surface area contributed by atoms with Gasteiger partial charge in [-0.3, -0.25) is 4.79 Å². The number of rotatable bonds is 7. The highest BCUT2D eigenvalue weighted by Gasteiger charge is 2.17. The van der Waals surface area contributed by atoms with Crippen molar-refractivity contribution in [2.45, 2.75) is 6.54 Å². The van der Waals surface area contributed by atoms with Crippen molar-refractivity contribution in [2.24, 2.45) is 0 Å². The molecule has 1 aromatic heterocycles. The second kappa shape index (κ2) is 9.80. The van der Waals surface area contributed by atoms with Gasteiger partial charge in [-0.25, -0.2) is 4.79 Å². The van der Waals surface area contributed by atoms with Gasteiger partial charge < -0.3 is 19.4 Å². The number of H-pyrrole nitrogens is 1. The Kier molecular flexibility index (Phi) is 6.92. The fourth-order valence-corrected chi connectivity index (χ4v) is 3.04. The summed E-state index contributed by atoms with van der Waals surface area (Å²) in [5, 5.41) is 1.49. The van der Waals surface area contributed by atoms with Gasteiger partial charge in [0.15, 0.2) is 0 Å². The molecule has 7 heteroatoms. The van der Waals surface area contributed by atoms with Crippen LogP contribution in [-0.4, -0.2) is 42.2 Å². The van der Waals surface area contributed by atoms with E-state index in [2.05, 4.69) is 9.72 Å². The van der Waals surface area contributed by atoms with E-state index in [0.717, 1.165) is 16.5 Å². The molecular weight excluding hydrogens is 392 g/mol. The van der Waals surface area contributed by atoms with Gasteiger partial charge in [-0.2, -0.15) is 0 Å². The molecule has 0 saturated heterocycles. The Morgan fingerprint density at radius 2 is 1.90 bits per heavy atom. The van der Waals surface area contributed by atoms with E-state index in [4.69, 9.17) is 16.3 Å². The fourth-order valence-electron chi connectivity index (χ4n) is 2.86. The third-order valence-corrected chi connectivity index (χ3v) is 4.51. The number of carbonyl (C=O) groups is 2. The van der Waals surface area contributed by atoms with Crippen LogP contribution in [0.3, 0.4) is 0 Å². The minimum atomic E-state index is -0.747. The summed E-state index contributed by atoms with van der Waals surface area (Å²) in [6.45, 7) is 0.872. The molecule has 0 fully saturated rings. The summed E-state index contributed by atoms with van der Waals surface area (Å²) in [5.74, 6) is -0.139. The maximum absolute atomic E-state index is 13.1. The van der Waals surface area contributed by atoms with Crippen LogP contribution in [0.2, 0.25) is 5.02 Å². The van der Waals surface area contributed by atoms with Crippen LogP contribution in [0, 0.1) is 0 Å². The normalized spacial score (nSPS) is 11.0. The lowest BCUT2D eigenvalue weighted by atomic mass is 10.2. The lowest BCUT2D eigenvalue weighted by molar-refractivity contribution is 0.0751. The van der Waals surface area contributed by atoms with E-state index in [1.54, 1.807) is 29.2 Å². The molecule has 0 radical (unpaired) electrons. The smallest absolute Gasteiger partial charge is 0.438 e. The highest BCUT2D eigenvalue weighted by molar-refractivity contribution is 6.31. The first-order chi connectivity index (χ1) is 14.1. The highest BCUT2D eigenvalue weighted by atomic mass is 35.5. The van der Waals surface area contributed by atoms with Gasteiger partial charge >= 0.3 is 6.16 Å². The fraction of sp³-hybridized carbons (Fsp3) is 0.182. The van der Waals surface area contributed by atoms with Crippen molar-refractivity contribution in [3.05, 3.63) is 83.0 Å². The van der Waals surface area contributed by atoms with E-state index in [9.17, 15) is 9.59 Å². The molecule has 0 aliphatic heterocycles. The topological polar surface area (TPSA) is 71.6 Å². The molecule has 6 nitrogen and oxygen atoms in total. The Morgan fingerprint density at radius 3 is 2.66 bits per heavy atom. The molecule has 0 aliphatic rings. The summed E-state index contributed by atoms with van der Waals surface area (Å²) < 4.78 is 9.23. The first kappa shape index (κ1) is 20.5. The zero-order valence-corrected chi connectivity index (χ0v) is 16.7. The molecule has 0 unspecified atom stereocenters. The van der Waals surface area contributed by atoms with Crippen molar-refractivity contribution in [3.8, 4) is 0 Å². The Morgan fingerprint density at radius 1 is 1.10 bits per heavy atom. The van der Waals surface area contributed by atoms with Crippen molar-refractivity contribution < 1.29 is 19.1 Å². The Balaban J connectivity index is 1.76. The molecule has 3 aromatic rings. The number of ether oxygens (including phenoxy) is 2. The van der Waals surface area contributed by atoms with Gasteiger partial charge in [-0.15, -0.1) is 0 Å². The van der Waals surface area contributed by atoms with Crippen molar-refractivity contribution in [1.82, 2.24) is 9.88 Å². The first-order valence-electron chi connectivity index (χ1n) is 9.04. The predicted molar refractivity (Wildman–Crippen MR) is 112 cm³/mol. The van der Waals surface area contributed by atoms with Crippen LogP contribution in [0.5, 0.6) is 0 Å². The van der Waals surface area contributed by atoms with Gasteiger partial charge in [0.25, 0.3) is 5.91 Å². The molecule has 1 amide bonds. The van der Waals surface area contributed by atoms with Gasteiger partial charge in [-0.1, -0.05) is 48.0 Å². The van der Waals surface area contributed by atoms with Gasteiger partial charge in [0, 0.05) is 29.0 Å². The van der Waals surface area contributed by atoms with Crippen molar-refractivity contribution >= 4 is 34.6 Å². The SMILES string of the molecule is COC(=O)OC/C=C/CN(Cc1ccccc1)C(=O)c1cc2cc(Cl)ccc2[nH]1. The number of nitrogens with one attached hydrogen (secondary N) is 1. The molecule has 3 rings (SSSR count). The van der Waals surface area contributed by atoms with Gasteiger partial charge in [0.2, 0.25) is 0 Å². The number of fused-ring (bicyclic) bond motifs is 1. The summed E-state index contributed by atoms with van der Waals surface area (Å²) in [6.07, 6.45) is 2.71. The maximum Gasteiger partial charge on any atom is 0.508 e. The standard InChI is InChI=1S/C22H21ClN2O4/c1-28-22(27)29-12-6-5-11-25(15-16-7-3-2-4-8-16)21(26)20-14-17-13-18(23)9-10-19(17)24-20/h2-10,13-14,24H,11-12,15H2,1H3/b6-5+. The van der Waals surface area contributed by atoms with E-state index in [-0.39, 0.29) is 12.5 Å². The largest absolute Gasteiger partial charge is 0.508 e. The molecule has 29 heavy (non-hydrogen) atoms. The molecular formula is C22H21ClN2O4. The molecule has 0 aliphatic carbocycles. The van der Waals surface area contributed by atoms with Crippen LogP contribution in [-0.2, 0) is 16.0 Å². The lowest BCUT2D eigenvalue weighted by Gasteiger charge is -2.21. The lowest BCUT2D eigenvalue weighted by Crippen LogP contribution is -2.31. The van der Waals surface area contributed by atoms with Crippen LogP contribution in [0.25, 0.3) is 10.9 Å². The van der Waals surface area contributed by atoms with Crippen molar-refractivity contribution in [3.63, 3.8) is 0 Å². The Hall–Kier alpha value is -3.25. The molecule has 0 saturated carbocycles. The number of aromatic nitrogens is 1. The van der Waals surface area contributed by atoms with Gasteiger partial charge in [0.1, 0.15) is 12.3 Å². The Bertz CT molecular complexity index is 1010. The number of hydrogen-bond acceptors (Lipinski definition) is 4. The van der Waals surface area contributed by atoms with Crippen molar-refractivity contribution in [1.29, 1.82) is 0 Å². The van der Waals surface area contributed by atoms with E-state index < -0.39 is 6.16 Å². The second-order valence-corrected chi connectivity index (χ2v) is 6.76. The van der Waals surface area contributed by atoms with Crippen LogP contribution in [0.4, 0.5) is 4.79 Å². The van der Waals surface area contributed by atoms with Crippen LogP contribution >= 0.6 is 11.6 Å². The molecule has 1 N–H and O–H groups in total. The number of amides is 1. The van der Waals surface area contributed by atoms with E-state index in [1.165, 1.54) is 7.11 Å². The zero-order valence-electron chi connectivity index (χ0n) is 15.9. The molecule has 0 spiro atoms. The number of halogens is 1. The van der Waals surface area contributed by atoms with Crippen molar-refractivity contribution in [2.75, 3.05) is 20.3 Å². The number of carbonyl (C=O) groups excluding carboxylic acids is 2. The zero-order chi connectivity index (χ0) is 20.6. The van der Waals surface area contributed by atoms with Gasteiger partial charge in [0.05, 0.1) is 7.11 Å². The predicted octanol–water partition coefficient (Wildman–Crippen LogP) is 4.80. The monoisotopic (exact) mass is 412 g/mol. The number of aromatic amines is 1. The maximum atomic E-state index is 13.1. The molecule has 150 valence electrons. The summed E-state index contributed by atoms with van der Waals surface area (Å²) in [6, 6.07) is 17.0. The minimum Gasteiger partial charge on any atom is -0.438 e. The average Bonchev–Trinajstić information content (AvgIpc) is 3.15. The number of hydrogen-bond donors (Lipinski definition) is 1. The van der Waals surface area contributed by atoms with Crippen LogP contribution in [0.15, 0.2) is 66.7 Å². The molecule has 0 bridgehead atoms. The Labute approximate surface area is 173 Å². The third-order valence-electron chi connectivity index (χ3n) is 4.27. The quantitative estimate of drug-likeness (QED) is 0.446. The average molecular weight is 413 g/mol.